The Morgan fingerprint density at radius 1 is 1.35 bits per heavy atom. The zero-order valence-electron chi connectivity index (χ0n) is 10.6. The molecule has 0 aromatic carbocycles. The molecule has 0 saturated carbocycles. The lowest BCUT2D eigenvalue weighted by Gasteiger charge is -2.17. The van der Waals surface area contributed by atoms with Crippen molar-refractivity contribution in [3.05, 3.63) is 29.3 Å². The molecule has 0 spiro atoms. The fourth-order valence-corrected chi connectivity index (χ4v) is 2.24. The van der Waals surface area contributed by atoms with Gasteiger partial charge in [-0.3, -0.25) is 4.40 Å². The number of fused-ring (bicyclic) bond motifs is 3. The van der Waals surface area contributed by atoms with E-state index in [1.165, 1.54) is 11.3 Å². The molecule has 0 amide bonds. The van der Waals surface area contributed by atoms with E-state index >= 15 is 0 Å². The third-order valence-corrected chi connectivity index (χ3v) is 3.31. The van der Waals surface area contributed by atoms with E-state index in [4.69, 9.17) is 0 Å². The monoisotopic (exact) mass is 230 g/mol. The largest absolute Gasteiger partial charge is 0.312 e. The molecule has 0 radical (unpaired) electrons. The Kier molecular flexibility index (Phi) is 2.23. The Morgan fingerprint density at radius 2 is 2.18 bits per heavy atom. The first-order valence-corrected chi connectivity index (χ1v) is 6.13. The van der Waals surface area contributed by atoms with Crippen LogP contribution in [-0.2, 0) is 18.4 Å². The molecule has 2 aromatic heterocycles. The second-order valence-corrected chi connectivity index (χ2v) is 5.70. The molecule has 4 heteroatoms. The summed E-state index contributed by atoms with van der Waals surface area (Å²) in [6.45, 7) is 8.50. The molecule has 3 rings (SSSR count). The van der Waals surface area contributed by atoms with Crippen molar-refractivity contribution in [1.29, 1.82) is 0 Å². The molecule has 4 nitrogen and oxygen atoms in total. The maximum absolute atomic E-state index is 4.62. The van der Waals surface area contributed by atoms with Gasteiger partial charge < -0.3 is 5.32 Å². The van der Waals surface area contributed by atoms with Gasteiger partial charge in [0.2, 0.25) is 5.78 Å². The van der Waals surface area contributed by atoms with Crippen LogP contribution in [0.4, 0.5) is 0 Å². The quantitative estimate of drug-likeness (QED) is 0.748. The van der Waals surface area contributed by atoms with Gasteiger partial charge in [-0.25, -0.2) is 9.97 Å². The van der Waals surface area contributed by atoms with Crippen molar-refractivity contribution in [2.75, 3.05) is 6.54 Å². The van der Waals surface area contributed by atoms with E-state index in [0.29, 0.717) is 0 Å². The van der Waals surface area contributed by atoms with E-state index in [-0.39, 0.29) is 5.41 Å². The Bertz CT molecular complexity index is 563. The first kappa shape index (κ1) is 10.7. The van der Waals surface area contributed by atoms with Gasteiger partial charge in [0.1, 0.15) is 0 Å². The van der Waals surface area contributed by atoms with Crippen LogP contribution >= 0.6 is 0 Å². The first-order chi connectivity index (χ1) is 8.05. The number of hydrogen-bond donors (Lipinski definition) is 1. The fraction of sp³-hybridized carbons (Fsp3) is 0.538. The number of aromatic nitrogens is 3. The zero-order valence-corrected chi connectivity index (χ0v) is 10.6. The molecule has 0 atom stereocenters. The summed E-state index contributed by atoms with van der Waals surface area (Å²) in [6.07, 6.45) is 5.15. The summed E-state index contributed by atoms with van der Waals surface area (Å²) in [6, 6.07) is 0. The topological polar surface area (TPSA) is 42.2 Å². The van der Waals surface area contributed by atoms with Gasteiger partial charge in [0.05, 0.1) is 5.69 Å². The Hall–Kier alpha value is -1.42. The van der Waals surface area contributed by atoms with Crippen LogP contribution in [0.1, 0.15) is 37.7 Å². The average Bonchev–Trinajstić information content (AvgIpc) is 2.72. The highest BCUT2D eigenvalue weighted by atomic mass is 15.1. The van der Waals surface area contributed by atoms with Gasteiger partial charge in [-0.2, -0.15) is 0 Å². The molecular weight excluding hydrogens is 212 g/mol. The molecule has 0 saturated heterocycles. The lowest BCUT2D eigenvalue weighted by Crippen LogP contribution is -2.25. The van der Waals surface area contributed by atoms with Crippen molar-refractivity contribution in [2.24, 2.45) is 0 Å². The lowest BCUT2D eigenvalue weighted by atomic mass is 9.93. The van der Waals surface area contributed by atoms with Crippen LogP contribution < -0.4 is 5.32 Å². The number of nitrogens with one attached hydrogen (secondary N) is 1. The number of imidazole rings is 1. The SMILES string of the molecule is CC(C)(C)c1cn2c3c(cnc2n1)CNCC3. The molecule has 1 N–H and O–H groups in total. The molecule has 1 aliphatic rings. The van der Waals surface area contributed by atoms with E-state index in [1.54, 1.807) is 0 Å². The smallest absolute Gasteiger partial charge is 0.234 e. The van der Waals surface area contributed by atoms with Crippen LogP contribution in [0.3, 0.4) is 0 Å². The normalized spacial score (nSPS) is 16.2. The number of nitrogens with zero attached hydrogens (tertiary/aromatic N) is 3. The summed E-state index contributed by atoms with van der Waals surface area (Å²) in [5.74, 6) is 0.829. The van der Waals surface area contributed by atoms with Crippen LogP contribution in [0.5, 0.6) is 0 Å². The molecule has 90 valence electrons. The van der Waals surface area contributed by atoms with Gasteiger partial charge >= 0.3 is 0 Å². The van der Waals surface area contributed by atoms with Gasteiger partial charge in [0.25, 0.3) is 0 Å². The summed E-state index contributed by atoms with van der Waals surface area (Å²) >= 11 is 0. The van der Waals surface area contributed by atoms with Gasteiger partial charge in [-0.05, 0) is 0 Å². The minimum absolute atomic E-state index is 0.0769. The first-order valence-electron chi connectivity index (χ1n) is 6.13. The second-order valence-electron chi connectivity index (χ2n) is 5.70. The summed E-state index contributed by atoms with van der Waals surface area (Å²) in [4.78, 5) is 9.06. The van der Waals surface area contributed by atoms with Crippen molar-refractivity contribution < 1.29 is 0 Å². The molecule has 0 unspecified atom stereocenters. The van der Waals surface area contributed by atoms with Crippen molar-refractivity contribution >= 4 is 5.78 Å². The second kappa shape index (κ2) is 3.53. The zero-order chi connectivity index (χ0) is 12.0. The van der Waals surface area contributed by atoms with Gasteiger partial charge in [-0.1, -0.05) is 20.8 Å². The van der Waals surface area contributed by atoms with Crippen LogP contribution in [0.15, 0.2) is 12.4 Å². The molecule has 17 heavy (non-hydrogen) atoms. The number of hydrogen-bond acceptors (Lipinski definition) is 3. The van der Waals surface area contributed by atoms with Gasteiger partial charge in [0.15, 0.2) is 0 Å². The molecule has 1 aliphatic heterocycles. The molecule has 3 heterocycles. The Labute approximate surface area is 101 Å². The Balaban J connectivity index is 2.22. The maximum atomic E-state index is 4.62. The van der Waals surface area contributed by atoms with E-state index in [0.717, 1.165) is 31.0 Å². The van der Waals surface area contributed by atoms with E-state index < -0.39 is 0 Å². The predicted octanol–water partition coefficient (Wildman–Crippen LogP) is 1.67. The van der Waals surface area contributed by atoms with Crippen LogP contribution in [0, 0.1) is 0 Å². The van der Waals surface area contributed by atoms with E-state index in [1.807, 2.05) is 6.20 Å². The standard InChI is InChI=1S/C13H18N4/c1-13(2,3)11-8-17-10-4-5-14-6-9(10)7-15-12(17)16-11/h7-8,14H,4-6H2,1-3H3. The van der Waals surface area contributed by atoms with Crippen molar-refractivity contribution in [3.8, 4) is 0 Å². The van der Waals surface area contributed by atoms with Crippen LogP contribution in [0.2, 0.25) is 0 Å². The van der Waals surface area contributed by atoms with E-state index in [2.05, 4.69) is 46.7 Å². The average molecular weight is 230 g/mol. The van der Waals surface area contributed by atoms with Crippen LogP contribution in [-0.4, -0.2) is 20.9 Å². The third-order valence-electron chi connectivity index (χ3n) is 3.31. The van der Waals surface area contributed by atoms with Crippen molar-refractivity contribution in [1.82, 2.24) is 19.7 Å². The highest BCUT2D eigenvalue weighted by Gasteiger charge is 2.20. The minimum atomic E-state index is 0.0769. The molecule has 0 aliphatic carbocycles. The highest BCUT2D eigenvalue weighted by molar-refractivity contribution is 5.38. The van der Waals surface area contributed by atoms with E-state index in [9.17, 15) is 0 Å². The van der Waals surface area contributed by atoms with Gasteiger partial charge in [0, 0.05) is 48.6 Å². The van der Waals surface area contributed by atoms with Crippen molar-refractivity contribution in [2.45, 2.75) is 39.2 Å². The molecule has 2 aromatic rings. The fourth-order valence-electron chi connectivity index (χ4n) is 2.24. The highest BCUT2D eigenvalue weighted by Crippen LogP contribution is 2.23. The Morgan fingerprint density at radius 3 is 2.94 bits per heavy atom. The predicted molar refractivity (Wildman–Crippen MR) is 67.1 cm³/mol. The van der Waals surface area contributed by atoms with Gasteiger partial charge in [-0.15, -0.1) is 0 Å². The summed E-state index contributed by atoms with van der Waals surface area (Å²) in [5.41, 5.74) is 3.84. The van der Waals surface area contributed by atoms with Crippen molar-refractivity contribution in [3.63, 3.8) is 0 Å². The molecule has 0 fully saturated rings. The molecular formula is C13H18N4. The molecule has 0 bridgehead atoms. The summed E-state index contributed by atoms with van der Waals surface area (Å²) in [7, 11) is 0. The number of rotatable bonds is 0. The maximum Gasteiger partial charge on any atom is 0.234 e. The summed E-state index contributed by atoms with van der Waals surface area (Å²) < 4.78 is 2.16. The minimum Gasteiger partial charge on any atom is -0.312 e. The van der Waals surface area contributed by atoms with Crippen LogP contribution in [0.25, 0.3) is 5.78 Å². The lowest BCUT2D eigenvalue weighted by molar-refractivity contribution is 0.572. The summed E-state index contributed by atoms with van der Waals surface area (Å²) in [5, 5.41) is 3.37. The third kappa shape index (κ3) is 1.72.